The molecule has 3 nitrogen and oxygen atoms in total. The number of hydrogen-bond donors (Lipinski definition) is 1. The Kier molecular flexibility index (Phi) is 3.96. The molecule has 0 amide bonds. The Balaban J connectivity index is 2.28. The van der Waals surface area contributed by atoms with Gasteiger partial charge in [0.2, 0.25) is 5.88 Å². The molecule has 0 aliphatic carbocycles. The van der Waals surface area contributed by atoms with Crippen LogP contribution in [0.4, 0.5) is 0 Å². The Morgan fingerprint density at radius 3 is 2.76 bits per heavy atom. The van der Waals surface area contributed by atoms with Crippen LogP contribution in [0.5, 0.6) is 11.6 Å². The molecular weight excluding hydrogens is 329 g/mol. The second-order valence-electron chi connectivity index (χ2n) is 3.66. The quantitative estimate of drug-likeness (QED) is 0.872. The van der Waals surface area contributed by atoms with Crippen LogP contribution in [0, 0.1) is 10.5 Å². The molecule has 1 aromatic heterocycles. The first-order chi connectivity index (χ1) is 8.20. The van der Waals surface area contributed by atoms with Crippen LogP contribution in [0.15, 0.2) is 36.5 Å². The lowest BCUT2D eigenvalue weighted by Gasteiger charge is -2.09. The molecule has 0 bridgehead atoms. The van der Waals surface area contributed by atoms with Gasteiger partial charge in [-0.05, 0) is 53.3 Å². The molecule has 0 aliphatic heterocycles. The molecule has 4 heteroatoms. The summed E-state index contributed by atoms with van der Waals surface area (Å²) in [5.41, 5.74) is 1.70. The lowest BCUT2D eigenvalue weighted by molar-refractivity contribution is 0.281. The van der Waals surface area contributed by atoms with E-state index in [1.165, 1.54) is 0 Å². The van der Waals surface area contributed by atoms with Crippen LogP contribution in [-0.4, -0.2) is 10.1 Å². The molecule has 2 rings (SSSR count). The van der Waals surface area contributed by atoms with Crippen molar-refractivity contribution in [1.82, 2.24) is 4.98 Å². The number of nitrogens with zero attached hydrogens (tertiary/aromatic N) is 1. The number of aromatic nitrogens is 1. The number of halogens is 1. The van der Waals surface area contributed by atoms with E-state index < -0.39 is 0 Å². The highest BCUT2D eigenvalue weighted by atomic mass is 127. The van der Waals surface area contributed by atoms with E-state index in [2.05, 4.69) is 27.6 Å². The summed E-state index contributed by atoms with van der Waals surface area (Å²) in [6, 6.07) is 9.65. The summed E-state index contributed by atoms with van der Waals surface area (Å²) in [7, 11) is 0. The third-order valence-corrected chi connectivity index (χ3v) is 3.20. The number of rotatable bonds is 3. The molecule has 0 unspecified atom stereocenters. The molecule has 88 valence electrons. The standard InChI is InChI=1S/C13H12INO2/c1-9-6-10(8-16)7-15-13(9)17-12-5-3-2-4-11(12)14/h2-7,16H,8H2,1H3. The summed E-state index contributed by atoms with van der Waals surface area (Å²) in [5, 5.41) is 9.00. The second kappa shape index (κ2) is 5.46. The van der Waals surface area contributed by atoms with Crippen LogP contribution in [-0.2, 0) is 6.61 Å². The van der Waals surface area contributed by atoms with Crippen molar-refractivity contribution >= 4 is 22.6 Å². The van der Waals surface area contributed by atoms with Crippen molar-refractivity contribution in [2.24, 2.45) is 0 Å². The number of aliphatic hydroxyl groups is 1. The number of ether oxygens (including phenoxy) is 1. The Hall–Kier alpha value is -1.14. The average Bonchev–Trinajstić information content (AvgIpc) is 2.34. The van der Waals surface area contributed by atoms with E-state index in [-0.39, 0.29) is 6.61 Å². The molecule has 0 spiro atoms. The Bertz CT molecular complexity index is 529. The highest BCUT2D eigenvalue weighted by Crippen LogP contribution is 2.27. The summed E-state index contributed by atoms with van der Waals surface area (Å²) >= 11 is 2.22. The molecule has 2 aromatic rings. The van der Waals surface area contributed by atoms with Crippen LogP contribution in [0.2, 0.25) is 0 Å². The summed E-state index contributed by atoms with van der Waals surface area (Å²) in [6.07, 6.45) is 1.62. The van der Waals surface area contributed by atoms with Crippen LogP contribution in [0.1, 0.15) is 11.1 Å². The van der Waals surface area contributed by atoms with E-state index in [0.29, 0.717) is 5.88 Å². The largest absolute Gasteiger partial charge is 0.438 e. The van der Waals surface area contributed by atoms with Gasteiger partial charge in [0.25, 0.3) is 0 Å². The van der Waals surface area contributed by atoms with Gasteiger partial charge in [0.1, 0.15) is 5.75 Å². The molecular formula is C13H12INO2. The number of para-hydroxylation sites is 1. The highest BCUT2D eigenvalue weighted by molar-refractivity contribution is 14.1. The summed E-state index contributed by atoms with van der Waals surface area (Å²) in [4.78, 5) is 4.20. The molecule has 1 heterocycles. The zero-order valence-corrected chi connectivity index (χ0v) is 11.5. The van der Waals surface area contributed by atoms with Crippen LogP contribution >= 0.6 is 22.6 Å². The maximum absolute atomic E-state index is 9.00. The molecule has 0 saturated carbocycles. The topological polar surface area (TPSA) is 42.4 Å². The van der Waals surface area contributed by atoms with Crippen molar-refractivity contribution in [3.63, 3.8) is 0 Å². The number of aliphatic hydroxyl groups excluding tert-OH is 1. The number of aryl methyl sites for hydroxylation is 1. The van der Waals surface area contributed by atoms with Gasteiger partial charge < -0.3 is 9.84 Å². The Labute approximate surface area is 114 Å². The normalized spacial score (nSPS) is 10.3. The minimum atomic E-state index is -0.00298. The fourth-order valence-corrected chi connectivity index (χ4v) is 1.94. The minimum absolute atomic E-state index is 0.00298. The van der Waals surface area contributed by atoms with Gasteiger partial charge in [0, 0.05) is 11.8 Å². The SMILES string of the molecule is Cc1cc(CO)cnc1Oc1ccccc1I. The third kappa shape index (κ3) is 2.95. The lowest BCUT2D eigenvalue weighted by Crippen LogP contribution is -1.95. The van der Waals surface area contributed by atoms with E-state index >= 15 is 0 Å². The average molecular weight is 341 g/mol. The molecule has 0 saturated heterocycles. The monoisotopic (exact) mass is 341 g/mol. The predicted octanol–water partition coefficient (Wildman–Crippen LogP) is 3.28. The van der Waals surface area contributed by atoms with Crippen molar-refractivity contribution in [2.45, 2.75) is 13.5 Å². The third-order valence-electron chi connectivity index (χ3n) is 2.31. The molecule has 0 fully saturated rings. The smallest absolute Gasteiger partial charge is 0.222 e. The fraction of sp³-hybridized carbons (Fsp3) is 0.154. The maximum atomic E-state index is 9.00. The first-order valence-electron chi connectivity index (χ1n) is 5.19. The van der Waals surface area contributed by atoms with Crippen molar-refractivity contribution in [1.29, 1.82) is 0 Å². The van der Waals surface area contributed by atoms with E-state index in [4.69, 9.17) is 9.84 Å². The number of pyridine rings is 1. The molecule has 1 aromatic carbocycles. The fourth-order valence-electron chi connectivity index (χ4n) is 1.45. The zero-order valence-electron chi connectivity index (χ0n) is 9.35. The van der Waals surface area contributed by atoms with Gasteiger partial charge in [0.05, 0.1) is 10.2 Å². The molecule has 0 aliphatic rings. The molecule has 1 N–H and O–H groups in total. The van der Waals surface area contributed by atoms with Gasteiger partial charge >= 0.3 is 0 Å². The molecule has 0 atom stereocenters. The highest BCUT2D eigenvalue weighted by Gasteiger charge is 2.06. The van der Waals surface area contributed by atoms with Crippen LogP contribution in [0.3, 0.4) is 0 Å². The maximum Gasteiger partial charge on any atom is 0.222 e. The van der Waals surface area contributed by atoms with E-state index in [1.807, 2.05) is 37.3 Å². The van der Waals surface area contributed by atoms with Crippen LogP contribution < -0.4 is 4.74 Å². The Morgan fingerprint density at radius 1 is 1.35 bits per heavy atom. The lowest BCUT2D eigenvalue weighted by atomic mass is 10.2. The second-order valence-corrected chi connectivity index (χ2v) is 4.82. The molecule has 0 radical (unpaired) electrons. The first-order valence-corrected chi connectivity index (χ1v) is 6.27. The van der Waals surface area contributed by atoms with Gasteiger partial charge in [-0.25, -0.2) is 4.98 Å². The zero-order chi connectivity index (χ0) is 12.3. The number of hydrogen-bond acceptors (Lipinski definition) is 3. The van der Waals surface area contributed by atoms with Gasteiger partial charge in [-0.15, -0.1) is 0 Å². The van der Waals surface area contributed by atoms with Crippen LogP contribution in [0.25, 0.3) is 0 Å². The van der Waals surface area contributed by atoms with Crippen molar-refractivity contribution in [3.05, 3.63) is 51.2 Å². The summed E-state index contributed by atoms with van der Waals surface area (Å²) < 4.78 is 6.78. The number of benzene rings is 1. The van der Waals surface area contributed by atoms with Gasteiger partial charge in [-0.2, -0.15) is 0 Å². The minimum Gasteiger partial charge on any atom is -0.438 e. The summed E-state index contributed by atoms with van der Waals surface area (Å²) in [6.45, 7) is 1.91. The van der Waals surface area contributed by atoms with Gasteiger partial charge in [-0.1, -0.05) is 12.1 Å². The van der Waals surface area contributed by atoms with E-state index in [1.54, 1.807) is 6.20 Å². The molecule has 17 heavy (non-hydrogen) atoms. The van der Waals surface area contributed by atoms with E-state index in [9.17, 15) is 0 Å². The van der Waals surface area contributed by atoms with Crippen molar-refractivity contribution in [3.8, 4) is 11.6 Å². The first kappa shape index (κ1) is 12.3. The predicted molar refractivity (Wildman–Crippen MR) is 74.1 cm³/mol. The summed E-state index contributed by atoms with van der Waals surface area (Å²) in [5.74, 6) is 1.37. The van der Waals surface area contributed by atoms with Gasteiger partial charge in [0.15, 0.2) is 0 Å². The van der Waals surface area contributed by atoms with E-state index in [0.717, 1.165) is 20.4 Å². The Morgan fingerprint density at radius 2 is 2.12 bits per heavy atom. The van der Waals surface area contributed by atoms with Crippen molar-refractivity contribution in [2.75, 3.05) is 0 Å². The van der Waals surface area contributed by atoms with Crippen molar-refractivity contribution < 1.29 is 9.84 Å². The van der Waals surface area contributed by atoms with Gasteiger partial charge in [-0.3, -0.25) is 0 Å².